The number of benzene rings is 2. The van der Waals surface area contributed by atoms with Crippen molar-refractivity contribution in [1.82, 2.24) is 19.8 Å². The van der Waals surface area contributed by atoms with Gasteiger partial charge in [-0.05, 0) is 63.3 Å². The summed E-state index contributed by atoms with van der Waals surface area (Å²) < 4.78 is 104. The number of hydrogen-bond acceptors (Lipinski definition) is 10. The van der Waals surface area contributed by atoms with Crippen LogP contribution in [-0.2, 0) is 15.7 Å². The van der Waals surface area contributed by atoms with Crippen molar-refractivity contribution in [1.29, 1.82) is 5.26 Å². The van der Waals surface area contributed by atoms with Gasteiger partial charge in [-0.15, -0.1) is 11.3 Å². The van der Waals surface area contributed by atoms with Crippen molar-refractivity contribution in [3.63, 3.8) is 0 Å². The maximum atomic E-state index is 17.4. The molecule has 0 radical (unpaired) electrons. The highest BCUT2D eigenvalue weighted by atomic mass is 32.1. The number of carbonyl (C=O) groups excluding carboxylic acids is 1. The molecule has 3 aliphatic heterocycles. The van der Waals surface area contributed by atoms with Crippen LogP contribution in [0.4, 0.5) is 37.2 Å². The van der Waals surface area contributed by atoms with Crippen molar-refractivity contribution in [3.8, 4) is 23.2 Å². The van der Waals surface area contributed by atoms with Crippen LogP contribution >= 0.6 is 11.3 Å². The second kappa shape index (κ2) is 14.0. The molecule has 4 unspecified atom stereocenters. The van der Waals surface area contributed by atoms with Gasteiger partial charge in [0.1, 0.15) is 41.0 Å². The van der Waals surface area contributed by atoms with Gasteiger partial charge < -0.3 is 25.0 Å². The molecule has 2 aromatic heterocycles. The van der Waals surface area contributed by atoms with Crippen molar-refractivity contribution >= 4 is 49.1 Å². The lowest BCUT2D eigenvalue weighted by Crippen LogP contribution is -2.50. The summed E-state index contributed by atoms with van der Waals surface area (Å²) in [6.07, 6.45) is -2.50. The number of ether oxygens (including phenoxy) is 2. The lowest BCUT2D eigenvalue weighted by Gasteiger charge is -2.36. The maximum absolute atomic E-state index is 17.4. The summed E-state index contributed by atoms with van der Waals surface area (Å²) in [4.78, 5) is 27.9. The number of aromatic nitrogens is 2. The number of hydrogen-bond donors (Lipinski definition) is 1. The van der Waals surface area contributed by atoms with Crippen molar-refractivity contribution in [2.45, 2.75) is 75.4 Å². The highest BCUT2D eigenvalue weighted by molar-refractivity contribution is 7.23. The molecule has 4 aliphatic rings. The quantitative estimate of drug-likeness (QED) is 0.168. The molecule has 292 valence electrons. The molecule has 2 N–H and O–H groups in total. The molecule has 55 heavy (non-hydrogen) atoms. The molecule has 1 aliphatic carbocycles. The number of nitrogen functional groups attached to an aromatic ring is 1. The number of carbonyl (C=O) groups is 1. The number of methoxy groups -OCH3 is 1. The van der Waals surface area contributed by atoms with Crippen LogP contribution in [0.2, 0.25) is 0 Å². The van der Waals surface area contributed by atoms with Crippen LogP contribution in [0, 0.1) is 28.9 Å². The van der Waals surface area contributed by atoms with Gasteiger partial charge in [0, 0.05) is 55.4 Å². The van der Waals surface area contributed by atoms with Crippen LogP contribution in [0.1, 0.15) is 56.6 Å². The zero-order chi connectivity index (χ0) is 39.0. The number of nitriles is 1. The highest BCUT2D eigenvalue weighted by Gasteiger charge is 2.50. The van der Waals surface area contributed by atoms with E-state index in [4.69, 9.17) is 15.2 Å². The van der Waals surface area contributed by atoms with Crippen LogP contribution in [0.15, 0.2) is 18.2 Å². The third-order valence-electron chi connectivity index (χ3n) is 11.7. The zero-order valence-electron chi connectivity index (χ0n) is 30.2. The number of thiophene rings is 1. The van der Waals surface area contributed by atoms with Gasteiger partial charge in [0.25, 0.3) is 0 Å². The Labute approximate surface area is 316 Å². The Morgan fingerprint density at radius 1 is 1.20 bits per heavy atom. The summed E-state index contributed by atoms with van der Waals surface area (Å²) in [6, 6.07) is 3.25. The Morgan fingerprint density at radius 2 is 1.98 bits per heavy atom. The minimum Gasteiger partial charge on any atom is -0.461 e. The molecule has 10 nitrogen and oxygen atoms in total. The van der Waals surface area contributed by atoms with Gasteiger partial charge in [-0.25, -0.2) is 13.2 Å². The van der Waals surface area contributed by atoms with Gasteiger partial charge in [0.05, 0.1) is 40.1 Å². The minimum atomic E-state index is -5.14. The molecular weight excluding hydrogens is 749 g/mol. The van der Waals surface area contributed by atoms with E-state index in [1.54, 1.807) is 16.7 Å². The topological polar surface area (TPSA) is 121 Å². The average molecular weight is 788 g/mol. The number of alkyl halides is 4. The smallest absolute Gasteiger partial charge is 0.417 e. The number of likely N-dealkylation sites (tertiary alicyclic amines) is 1. The molecule has 4 atom stereocenters. The Balaban J connectivity index is 1.34. The number of amides is 1. The van der Waals surface area contributed by atoms with Gasteiger partial charge in [-0.2, -0.15) is 28.4 Å². The summed E-state index contributed by atoms with van der Waals surface area (Å²) in [5.41, 5.74) is 1.88. The normalized spacial score (nSPS) is 24.2. The second-order valence-electron chi connectivity index (χ2n) is 14.9. The average Bonchev–Trinajstić information content (AvgIpc) is 3.52. The number of rotatable bonds is 10. The molecule has 2 aromatic carbocycles. The Kier molecular flexibility index (Phi) is 9.53. The third kappa shape index (κ3) is 6.30. The lowest BCUT2D eigenvalue weighted by molar-refractivity contribution is -0.137. The van der Waals surface area contributed by atoms with E-state index < -0.39 is 58.2 Å². The van der Waals surface area contributed by atoms with E-state index in [9.17, 15) is 14.4 Å². The van der Waals surface area contributed by atoms with E-state index in [2.05, 4.69) is 9.97 Å². The second-order valence-corrected chi connectivity index (χ2v) is 16.0. The molecule has 4 aromatic rings. The molecule has 1 saturated carbocycles. The molecule has 8 rings (SSSR count). The molecular formula is C38H39F6N7O3S. The highest BCUT2D eigenvalue weighted by Crippen LogP contribution is 2.49. The van der Waals surface area contributed by atoms with Gasteiger partial charge in [-0.3, -0.25) is 9.69 Å². The number of nitrogens with two attached hydrogens (primary N) is 1. The third-order valence-corrected chi connectivity index (χ3v) is 12.7. The molecule has 3 saturated heterocycles. The van der Waals surface area contributed by atoms with E-state index in [0.717, 1.165) is 37.5 Å². The number of likely N-dealkylation sites (N-methyl/N-ethyl adjacent to an activating group) is 1. The minimum absolute atomic E-state index is 0.00765. The molecule has 0 bridgehead atoms. The first-order valence-corrected chi connectivity index (χ1v) is 19.2. The number of nitrogens with zero attached hydrogens (tertiary/aromatic N) is 6. The summed E-state index contributed by atoms with van der Waals surface area (Å²) >= 11 is 0.680. The van der Waals surface area contributed by atoms with Crippen molar-refractivity contribution < 1.29 is 40.6 Å². The summed E-state index contributed by atoms with van der Waals surface area (Å²) in [5.74, 6) is -2.34. The summed E-state index contributed by atoms with van der Waals surface area (Å²) in [5, 5.41) is 9.28. The number of halogens is 6. The predicted molar refractivity (Wildman–Crippen MR) is 194 cm³/mol. The fraction of sp³-hybridized carbons (Fsp3) is 0.526. The van der Waals surface area contributed by atoms with Gasteiger partial charge in [0.15, 0.2) is 5.82 Å². The number of anilines is 2. The van der Waals surface area contributed by atoms with E-state index in [1.807, 2.05) is 11.0 Å². The van der Waals surface area contributed by atoms with Crippen LogP contribution in [0.3, 0.4) is 0 Å². The van der Waals surface area contributed by atoms with E-state index in [1.165, 1.54) is 7.11 Å². The fourth-order valence-electron chi connectivity index (χ4n) is 9.07. The van der Waals surface area contributed by atoms with E-state index in [-0.39, 0.29) is 88.0 Å². The molecule has 5 heterocycles. The maximum Gasteiger partial charge on any atom is 0.417 e. The van der Waals surface area contributed by atoms with Crippen molar-refractivity contribution in [2.75, 3.05) is 57.1 Å². The van der Waals surface area contributed by atoms with Crippen molar-refractivity contribution in [3.05, 3.63) is 41.0 Å². The number of fused-ring (bicyclic) bond motifs is 3. The standard InChI is InChI=1S/C38H39F6N7O3S/c1-3-50(26-9-12-51(27(26)17-53-2)35(52)19-5-6-19)34-22-13-24(38(42,43)44)29(21-7-8-25(40)32-28(21)23(15-45)33(46)55-32)30(41)31(22)47-36(48-34)54-18-37-10-4-11-49(37)16-20(39)14-37/h7-8,13,19-20,26-27H,3-6,9-12,14,16-18,46H2,1-2H3. The van der Waals surface area contributed by atoms with E-state index in [0.29, 0.717) is 37.3 Å². The Morgan fingerprint density at radius 3 is 2.67 bits per heavy atom. The zero-order valence-corrected chi connectivity index (χ0v) is 31.0. The van der Waals surface area contributed by atoms with E-state index >= 15 is 22.0 Å². The first kappa shape index (κ1) is 37.5. The summed E-state index contributed by atoms with van der Waals surface area (Å²) in [7, 11) is 1.51. The van der Waals surface area contributed by atoms with Crippen LogP contribution in [-0.4, -0.2) is 96.0 Å². The monoisotopic (exact) mass is 787 g/mol. The Hall–Kier alpha value is -4.40. The molecule has 0 spiro atoms. The lowest BCUT2D eigenvalue weighted by atomic mass is 9.92. The van der Waals surface area contributed by atoms with Crippen LogP contribution < -0.4 is 15.4 Å². The largest absolute Gasteiger partial charge is 0.461 e. The molecule has 1 amide bonds. The SMILES string of the molecule is CCN(c1nc(OCC23CCCN2CC(F)C3)nc2c(F)c(-c3ccc(F)c4sc(N)c(C#N)c34)c(C(F)(F)F)cc12)C1CCN(C(=O)C2CC2)C1COC. The predicted octanol–water partition coefficient (Wildman–Crippen LogP) is 7.07. The van der Waals surface area contributed by atoms with Crippen molar-refractivity contribution in [2.24, 2.45) is 5.92 Å². The molecule has 4 fully saturated rings. The van der Waals surface area contributed by atoms with Gasteiger partial charge in [-0.1, -0.05) is 6.07 Å². The fourth-order valence-corrected chi connectivity index (χ4v) is 10.0. The molecule has 17 heteroatoms. The van der Waals surface area contributed by atoms with Gasteiger partial charge in [0.2, 0.25) is 5.91 Å². The van der Waals surface area contributed by atoms with Crippen LogP contribution in [0.5, 0.6) is 6.01 Å². The van der Waals surface area contributed by atoms with Gasteiger partial charge >= 0.3 is 12.2 Å². The first-order chi connectivity index (χ1) is 26.3. The van der Waals surface area contributed by atoms with Crippen LogP contribution in [0.25, 0.3) is 32.1 Å². The summed E-state index contributed by atoms with van der Waals surface area (Å²) in [6.45, 7) is 3.41. The Bertz CT molecular complexity index is 2220. The first-order valence-electron chi connectivity index (χ1n) is 18.4.